The summed E-state index contributed by atoms with van der Waals surface area (Å²) in [6, 6.07) is 0.201. The zero-order valence-electron chi connectivity index (χ0n) is 12.2. The largest absolute Gasteiger partial charge is 0.353 e. The second-order valence-electron chi connectivity index (χ2n) is 5.90. The monoisotopic (exact) mass is 267 g/mol. The van der Waals surface area contributed by atoms with E-state index in [1.165, 1.54) is 0 Å². The molecule has 2 fully saturated rings. The van der Waals surface area contributed by atoms with Gasteiger partial charge in [0.1, 0.15) is 0 Å². The molecule has 3 unspecified atom stereocenters. The molecule has 0 bridgehead atoms. The minimum Gasteiger partial charge on any atom is -0.353 e. The van der Waals surface area contributed by atoms with Crippen LogP contribution in [0.15, 0.2) is 0 Å². The SMILES string of the molecule is CCC(C)NC(=O)C1CC1C(=O)N1CCN(C)CC1. The number of likely N-dealkylation sites (N-methyl/N-ethyl adjacent to an activating group) is 1. The minimum absolute atomic E-state index is 0.0572. The summed E-state index contributed by atoms with van der Waals surface area (Å²) in [6.45, 7) is 7.50. The van der Waals surface area contributed by atoms with Crippen molar-refractivity contribution < 1.29 is 9.59 Å². The average molecular weight is 267 g/mol. The standard InChI is InChI=1S/C14H25N3O2/c1-4-10(2)15-13(18)11-9-12(11)14(19)17-7-5-16(3)6-8-17/h10-12H,4-9H2,1-3H3,(H,15,18). The molecule has 0 aromatic carbocycles. The van der Waals surface area contributed by atoms with Crippen LogP contribution in [0.1, 0.15) is 26.7 Å². The van der Waals surface area contributed by atoms with E-state index in [1.807, 2.05) is 18.7 Å². The Labute approximate surface area is 115 Å². The number of amides is 2. The molecular formula is C14H25N3O2. The summed E-state index contributed by atoms with van der Waals surface area (Å²) in [5.41, 5.74) is 0. The van der Waals surface area contributed by atoms with Crippen molar-refractivity contribution in [2.24, 2.45) is 11.8 Å². The van der Waals surface area contributed by atoms with Crippen LogP contribution >= 0.6 is 0 Å². The Bertz CT molecular complexity index is 351. The Morgan fingerprint density at radius 2 is 1.84 bits per heavy atom. The fourth-order valence-electron chi connectivity index (χ4n) is 2.47. The molecule has 5 heteroatoms. The summed E-state index contributed by atoms with van der Waals surface area (Å²) >= 11 is 0. The van der Waals surface area contributed by atoms with Gasteiger partial charge in [0.25, 0.3) is 0 Å². The molecule has 1 N–H and O–H groups in total. The van der Waals surface area contributed by atoms with Crippen molar-refractivity contribution in [3.63, 3.8) is 0 Å². The van der Waals surface area contributed by atoms with Gasteiger partial charge < -0.3 is 15.1 Å². The van der Waals surface area contributed by atoms with Crippen LogP contribution in [0.5, 0.6) is 0 Å². The summed E-state index contributed by atoms with van der Waals surface area (Å²) in [5.74, 6) is 0.0906. The topological polar surface area (TPSA) is 52.7 Å². The number of carbonyl (C=O) groups excluding carboxylic acids is 2. The van der Waals surface area contributed by atoms with Crippen molar-refractivity contribution >= 4 is 11.8 Å². The predicted molar refractivity (Wildman–Crippen MR) is 73.6 cm³/mol. The molecule has 1 aliphatic carbocycles. The first kappa shape index (κ1) is 14.3. The van der Waals surface area contributed by atoms with Gasteiger partial charge in [-0.3, -0.25) is 9.59 Å². The quantitative estimate of drug-likeness (QED) is 0.797. The molecule has 5 nitrogen and oxygen atoms in total. The van der Waals surface area contributed by atoms with Crippen LogP contribution in [0.25, 0.3) is 0 Å². The van der Waals surface area contributed by atoms with Crippen LogP contribution in [0, 0.1) is 11.8 Å². The molecule has 2 aliphatic rings. The van der Waals surface area contributed by atoms with Crippen LogP contribution in [-0.4, -0.2) is 60.9 Å². The number of piperazine rings is 1. The Hall–Kier alpha value is -1.10. The number of hydrogen-bond acceptors (Lipinski definition) is 3. The van der Waals surface area contributed by atoms with Gasteiger partial charge in [0.05, 0.1) is 11.8 Å². The van der Waals surface area contributed by atoms with Crippen molar-refractivity contribution in [3.8, 4) is 0 Å². The van der Waals surface area contributed by atoms with Crippen LogP contribution in [-0.2, 0) is 9.59 Å². The highest BCUT2D eigenvalue weighted by atomic mass is 16.2. The normalized spacial score (nSPS) is 28.9. The fourth-order valence-corrected chi connectivity index (χ4v) is 2.47. The van der Waals surface area contributed by atoms with E-state index in [0.717, 1.165) is 39.0 Å². The van der Waals surface area contributed by atoms with Crippen molar-refractivity contribution in [1.29, 1.82) is 0 Å². The van der Waals surface area contributed by atoms with Gasteiger partial charge in [-0.1, -0.05) is 6.92 Å². The molecule has 2 rings (SSSR count). The van der Waals surface area contributed by atoms with Crippen molar-refractivity contribution in [2.75, 3.05) is 33.2 Å². The van der Waals surface area contributed by atoms with Gasteiger partial charge in [-0.15, -0.1) is 0 Å². The van der Waals surface area contributed by atoms with Crippen LogP contribution < -0.4 is 5.32 Å². The zero-order chi connectivity index (χ0) is 14.0. The number of rotatable bonds is 4. The molecule has 19 heavy (non-hydrogen) atoms. The summed E-state index contributed by atoms with van der Waals surface area (Å²) < 4.78 is 0. The molecule has 1 saturated heterocycles. The van der Waals surface area contributed by atoms with Crippen LogP contribution in [0.2, 0.25) is 0 Å². The Balaban J connectivity index is 1.78. The maximum Gasteiger partial charge on any atom is 0.226 e. The lowest BCUT2D eigenvalue weighted by Gasteiger charge is -2.32. The number of hydrogen-bond donors (Lipinski definition) is 1. The third-order valence-corrected chi connectivity index (χ3v) is 4.26. The third kappa shape index (κ3) is 3.47. The highest BCUT2D eigenvalue weighted by Crippen LogP contribution is 2.40. The molecule has 1 heterocycles. The molecule has 0 radical (unpaired) electrons. The molecule has 3 atom stereocenters. The van der Waals surface area contributed by atoms with E-state index < -0.39 is 0 Å². The van der Waals surface area contributed by atoms with Gasteiger partial charge in [-0.2, -0.15) is 0 Å². The van der Waals surface area contributed by atoms with Crippen LogP contribution in [0.3, 0.4) is 0 Å². The minimum atomic E-state index is -0.0823. The van der Waals surface area contributed by atoms with E-state index >= 15 is 0 Å². The maximum atomic E-state index is 12.3. The third-order valence-electron chi connectivity index (χ3n) is 4.26. The second-order valence-corrected chi connectivity index (χ2v) is 5.90. The molecule has 0 aromatic rings. The fraction of sp³-hybridized carbons (Fsp3) is 0.857. The highest BCUT2D eigenvalue weighted by molar-refractivity contribution is 5.92. The number of nitrogens with zero attached hydrogens (tertiary/aromatic N) is 2. The van der Waals surface area contributed by atoms with Gasteiger partial charge in [0.2, 0.25) is 11.8 Å². The lowest BCUT2D eigenvalue weighted by Crippen LogP contribution is -2.48. The summed E-state index contributed by atoms with van der Waals surface area (Å²) in [5, 5.41) is 2.97. The van der Waals surface area contributed by atoms with E-state index in [0.29, 0.717) is 0 Å². The number of nitrogens with one attached hydrogen (secondary N) is 1. The lowest BCUT2D eigenvalue weighted by atomic mass is 10.2. The van der Waals surface area contributed by atoms with Gasteiger partial charge in [0.15, 0.2) is 0 Å². The first-order valence-corrected chi connectivity index (χ1v) is 7.30. The van der Waals surface area contributed by atoms with E-state index in [-0.39, 0.29) is 29.7 Å². The van der Waals surface area contributed by atoms with Gasteiger partial charge in [-0.25, -0.2) is 0 Å². The van der Waals surface area contributed by atoms with Gasteiger partial charge in [-0.05, 0) is 26.8 Å². The van der Waals surface area contributed by atoms with Gasteiger partial charge in [0, 0.05) is 32.2 Å². The average Bonchev–Trinajstić information content (AvgIpc) is 3.19. The summed E-state index contributed by atoms with van der Waals surface area (Å²) in [4.78, 5) is 28.3. The van der Waals surface area contributed by atoms with Crippen molar-refractivity contribution in [3.05, 3.63) is 0 Å². The number of carbonyl (C=O) groups is 2. The van der Waals surface area contributed by atoms with E-state index in [4.69, 9.17) is 0 Å². The van der Waals surface area contributed by atoms with Crippen molar-refractivity contribution in [1.82, 2.24) is 15.1 Å². The van der Waals surface area contributed by atoms with E-state index in [1.54, 1.807) is 0 Å². The van der Waals surface area contributed by atoms with Crippen LogP contribution in [0.4, 0.5) is 0 Å². The molecule has 0 aromatic heterocycles. The molecule has 1 aliphatic heterocycles. The molecule has 1 saturated carbocycles. The van der Waals surface area contributed by atoms with E-state index in [9.17, 15) is 9.59 Å². The Morgan fingerprint density at radius 1 is 1.21 bits per heavy atom. The smallest absolute Gasteiger partial charge is 0.226 e. The first-order chi connectivity index (χ1) is 9.02. The zero-order valence-corrected chi connectivity index (χ0v) is 12.2. The molecular weight excluding hydrogens is 242 g/mol. The Morgan fingerprint density at radius 3 is 2.42 bits per heavy atom. The summed E-state index contributed by atoms with van der Waals surface area (Å²) in [6.07, 6.45) is 1.66. The molecule has 2 amide bonds. The second kappa shape index (κ2) is 5.90. The van der Waals surface area contributed by atoms with Crippen molar-refractivity contribution in [2.45, 2.75) is 32.7 Å². The van der Waals surface area contributed by atoms with E-state index in [2.05, 4.69) is 17.3 Å². The Kier molecular flexibility index (Phi) is 4.45. The first-order valence-electron chi connectivity index (χ1n) is 7.30. The molecule has 108 valence electrons. The highest BCUT2D eigenvalue weighted by Gasteiger charge is 2.49. The lowest BCUT2D eigenvalue weighted by molar-refractivity contribution is -0.136. The van der Waals surface area contributed by atoms with Gasteiger partial charge >= 0.3 is 0 Å². The molecule has 0 spiro atoms. The summed E-state index contributed by atoms with van der Waals surface area (Å²) in [7, 11) is 2.07. The maximum absolute atomic E-state index is 12.3. The predicted octanol–water partition coefficient (Wildman–Crippen LogP) is 0.311.